The van der Waals surface area contributed by atoms with Gasteiger partial charge in [0.25, 0.3) is 23.7 Å². The van der Waals surface area contributed by atoms with Crippen molar-refractivity contribution in [2.45, 2.75) is 147 Å². The number of carbonyl (C=O) groups is 2. The molecule has 13 rings (SSSR count). The second-order valence-electron chi connectivity index (χ2n) is 25.2. The number of aliphatic imine (C=N–C) groups is 1. The zero-order chi connectivity index (χ0) is 69.6. The van der Waals surface area contributed by atoms with E-state index in [-0.39, 0.29) is 92.9 Å². The summed E-state index contributed by atoms with van der Waals surface area (Å²) in [6, 6.07) is 8.32. The molecule has 2 aromatic carbocycles. The average molecular weight is 1520 g/mol. The Morgan fingerprint density at radius 2 is 1.03 bits per heavy atom. The molecule has 0 spiro atoms. The highest BCUT2D eigenvalue weighted by Crippen LogP contribution is 2.37. The summed E-state index contributed by atoms with van der Waals surface area (Å²) >= 11 is 13.3. The highest BCUT2D eigenvalue weighted by Gasteiger charge is 2.39. The van der Waals surface area contributed by atoms with Crippen molar-refractivity contribution in [3.05, 3.63) is 109 Å². The van der Waals surface area contributed by atoms with Gasteiger partial charge in [0, 0.05) is 155 Å². The highest BCUT2D eigenvalue weighted by molar-refractivity contribution is 14.1. The Kier molecular flexibility index (Phi) is 26.3. The molecular weight excluding hydrogens is 1430 g/mol. The van der Waals surface area contributed by atoms with Crippen LogP contribution in [0.1, 0.15) is 94.8 Å². The number of aromatic nitrogens is 6. The first-order valence-electron chi connectivity index (χ1n) is 31.9. The number of alkyl halides is 8. The van der Waals surface area contributed by atoms with Crippen LogP contribution in [0.5, 0.6) is 0 Å². The normalized spacial score (nSPS) is 20.2. The second kappa shape index (κ2) is 33.5. The van der Waals surface area contributed by atoms with Crippen molar-refractivity contribution in [3.63, 3.8) is 0 Å². The van der Waals surface area contributed by atoms with Crippen molar-refractivity contribution >= 4 is 86.3 Å². The monoisotopic (exact) mass is 1510 g/mol. The van der Waals surface area contributed by atoms with E-state index in [9.17, 15) is 53.5 Å². The predicted molar refractivity (Wildman–Crippen MR) is 359 cm³/mol. The van der Waals surface area contributed by atoms with Gasteiger partial charge in [-0.15, -0.1) is 0 Å². The fraction of sp³-hybridized carbons (Fsp3) is 0.587. The van der Waals surface area contributed by atoms with Crippen LogP contribution in [-0.2, 0) is 55.2 Å². The molecule has 20 nitrogen and oxygen atoms in total. The van der Waals surface area contributed by atoms with Gasteiger partial charge in [-0.25, -0.2) is 48.7 Å². The van der Waals surface area contributed by atoms with Gasteiger partial charge in [-0.2, -0.15) is 15.3 Å². The summed E-state index contributed by atoms with van der Waals surface area (Å²) in [5.41, 5.74) is 17.8. The molecule has 8 aliphatic rings. The first kappa shape index (κ1) is 75.5. The van der Waals surface area contributed by atoms with Crippen LogP contribution in [0, 0.1) is 11.6 Å². The number of rotatable bonds is 6. The zero-order valence-corrected chi connectivity index (χ0v) is 57.6. The fourth-order valence-corrected chi connectivity index (χ4v) is 12.1. The van der Waals surface area contributed by atoms with Crippen LogP contribution < -0.4 is 42.1 Å². The second-order valence-corrected chi connectivity index (χ2v) is 27.2. The molecule has 4 saturated heterocycles. The van der Waals surface area contributed by atoms with E-state index < -0.39 is 40.9 Å². The third kappa shape index (κ3) is 22.1. The van der Waals surface area contributed by atoms with Crippen LogP contribution in [0.4, 0.5) is 71.4 Å². The number of ether oxygens (including phenoxy) is 1. The van der Waals surface area contributed by atoms with Gasteiger partial charge >= 0.3 is 6.09 Å². The Balaban J connectivity index is 0.000000157. The van der Waals surface area contributed by atoms with Crippen LogP contribution in [-0.4, -0.2) is 178 Å². The summed E-state index contributed by atoms with van der Waals surface area (Å²) in [7, 11) is 0. The Labute approximate surface area is 575 Å². The highest BCUT2D eigenvalue weighted by atomic mass is 127. The lowest BCUT2D eigenvalue weighted by atomic mass is 10.1. The van der Waals surface area contributed by atoms with Gasteiger partial charge in [0.1, 0.15) is 17.2 Å². The van der Waals surface area contributed by atoms with E-state index in [1.54, 1.807) is 34.5 Å². The molecule has 96 heavy (non-hydrogen) atoms. The van der Waals surface area contributed by atoms with Crippen molar-refractivity contribution in [3.8, 4) is 0 Å². The molecule has 0 saturated carbocycles. The lowest BCUT2D eigenvalue weighted by Gasteiger charge is -2.35. The molecular formula is C63H84Cl2F10IN17O3. The minimum atomic E-state index is -2.61. The SMILES string of the molecule is CC(C)(C)OC(=O)N1CCn2ncc(N3CCC(F)(F)CC3)c2C1.FC1(F)CCN(c2cnn3c2CNCC3)CC1.FC1(F)CCNCC1.NC=C(I)C1=NCCNC1.Nc1ccc(F)c(Cl)c1.O=C(Cc1ccc(F)c(Cl)c1)N1CCn2ncc(N3CCC(F)(F)CC3)c2C1. The maximum Gasteiger partial charge on any atom is 0.410 e. The van der Waals surface area contributed by atoms with Gasteiger partial charge in [-0.05, 0) is 79.3 Å². The number of nitrogens with one attached hydrogen (secondary N) is 3. The molecule has 0 bridgehead atoms. The largest absolute Gasteiger partial charge is 0.444 e. The van der Waals surface area contributed by atoms with Gasteiger partial charge in [-0.3, -0.25) is 23.8 Å². The third-order valence-electron chi connectivity index (χ3n) is 16.9. The van der Waals surface area contributed by atoms with Gasteiger partial charge in [0.2, 0.25) is 5.91 Å². The van der Waals surface area contributed by atoms with Crippen LogP contribution in [0.3, 0.4) is 0 Å². The summed E-state index contributed by atoms with van der Waals surface area (Å²) in [6.07, 6.45) is 5.86. The van der Waals surface area contributed by atoms with Crippen LogP contribution in [0.15, 0.2) is 69.8 Å². The topological polar surface area (TPSA) is 214 Å². The average Bonchev–Trinajstić information content (AvgIpc) is 1.61. The van der Waals surface area contributed by atoms with E-state index in [1.165, 1.54) is 30.3 Å². The lowest BCUT2D eigenvalue weighted by molar-refractivity contribution is -0.132. The van der Waals surface area contributed by atoms with E-state index in [0.29, 0.717) is 89.8 Å². The molecule has 0 radical (unpaired) electrons. The smallest absolute Gasteiger partial charge is 0.410 e. The van der Waals surface area contributed by atoms with Crippen LogP contribution >= 0.6 is 45.8 Å². The number of piperidine rings is 4. The first-order valence-corrected chi connectivity index (χ1v) is 33.7. The number of benzene rings is 2. The Bertz CT molecular complexity index is 3440. The quantitative estimate of drug-likeness (QED) is 0.0608. The Morgan fingerprint density at radius 3 is 1.47 bits per heavy atom. The minimum absolute atomic E-state index is 0.00694. The number of nitrogens with two attached hydrogens (primary N) is 2. The fourth-order valence-electron chi connectivity index (χ4n) is 11.4. The van der Waals surface area contributed by atoms with E-state index in [2.05, 4.69) is 58.8 Å². The first-order chi connectivity index (χ1) is 45.4. The number of nitrogens with zero attached hydrogens (tertiary/aromatic N) is 12. The van der Waals surface area contributed by atoms with E-state index in [4.69, 9.17) is 39.4 Å². The van der Waals surface area contributed by atoms with Crippen molar-refractivity contribution in [1.82, 2.24) is 55.1 Å². The molecule has 0 atom stereocenters. The molecule has 11 heterocycles. The molecule has 0 unspecified atom stereocenters. The van der Waals surface area contributed by atoms with Crippen molar-refractivity contribution in [2.75, 3.05) is 112 Å². The number of fused-ring (bicyclic) bond motifs is 3. The van der Waals surface area contributed by atoms with Crippen molar-refractivity contribution in [2.24, 2.45) is 10.7 Å². The predicted octanol–water partition coefficient (Wildman–Crippen LogP) is 10.9. The number of nitrogen functional groups attached to an aromatic ring is 1. The Hall–Kier alpha value is -6.29. The van der Waals surface area contributed by atoms with Gasteiger partial charge in [0.15, 0.2) is 0 Å². The third-order valence-corrected chi connectivity index (χ3v) is 18.4. The number of halogens is 13. The molecule has 33 heteroatoms. The summed E-state index contributed by atoms with van der Waals surface area (Å²) in [5.74, 6) is -11.1. The molecule has 0 aliphatic carbocycles. The molecule has 3 aromatic heterocycles. The maximum absolute atomic E-state index is 13.5. The number of amides is 2. The molecule has 8 aliphatic heterocycles. The summed E-state index contributed by atoms with van der Waals surface area (Å²) in [6.45, 7) is 16.6. The maximum atomic E-state index is 13.5. The minimum Gasteiger partial charge on any atom is -0.444 e. The van der Waals surface area contributed by atoms with Crippen LogP contribution in [0.2, 0.25) is 10.0 Å². The van der Waals surface area contributed by atoms with E-state index in [1.807, 2.05) is 55.7 Å². The number of hydrogen-bond acceptors (Lipinski definition) is 15. The van der Waals surface area contributed by atoms with E-state index >= 15 is 0 Å². The molecule has 5 aromatic rings. The van der Waals surface area contributed by atoms with Gasteiger partial charge in [0.05, 0.1) is 118 Å². The molecule has 530 valence electrons. The van der Waals surface area contributed by atoms with Crippen molar-refractivity contribution < 1.29 is 58.2 Å². The number of anilines is 4. The standard InChI is InChI=1S/C19H20ClF3N4O.C16H24F2N4O2.C11H16F2N4.C6H5ClFN.C6H10IN3.C5H9F2N/c20-14-9-13(1-2-15(14)21)10-18(28)26-7-8-27-17(12-26)16(11-24-27)25-5-3-19(22,23)4-6-25;1-15(2,3)24-14(23)21-8-9-22-13(11-21)12(10-19-22)20-6-4-16(17,18)5-7-20;12-11(13)1-4-16(5-2-11)9-8-15-17-6-3-14-7-10(9)17;7-5-3-4(9)1-2-6(5)8;7-5(3-8)6-4-9-1-2-10-6;6-5(7)1-3-8-4-2-5/h1-2,9,11H,3-8,10,12H2;10H,4-9,11H2,1-3H3;8,14H,1-7H2;1-3H,9H2;3,9H,1-2,4,8H2;8H,1-4H2. The van der Waals surface area contributed by atoms with Gasteiger partial charge < -0.3 is 56.7 Å². The summed E-state index contributed by atoms with van der Waals surface area (Å²) < 4.78 is 142. The molecule has 7 N–H and O–H groups in total. The molecule has 4 fully saturated rings. The number of hydrogen-bond donors (Lipinski definition) is 5. The zero-order valence-electron chi connectivity index (χ0n) is 53.9. The van der Waals surface area contributed by atoms with Crippen LogP contribution in [0.25, 0.3) is 0 Å². The summed E-state index contributed by atoms with van der Waals surface area (Å²) in [4.78, 5) is 38.5. The van der Waals surface area contributed by atoms with E-state index in [0.717, 1.165) is 82.7 Å². The van der Waals surface area contributed by atoms with Gasteiger partial charge in [-0.1, -0.05) is 29.3 Å². The Morgan fingerprint density at radius 1 is 0.583 bits per heavy atom. The lowest BCUT2D eigenvalue weighted by Crippen LogP contribution is -2.43. The summed E-state index contributed by atoms with van der Waals surface area (Å²) in [5, 5.41) is 22.4. The number of carbonyl (C=O) groups excluding carboxylic acids is 2. The molecule has 2 amide bonds. The van der Waals surface area contributed by atoms with Crippen molar-refractivity contribution in [1.29, 1.82) is 0 Å².